The summed E-state index contributed by atoms with van der Waals surface area (Å²) < 4.78 is 5.69. The average Bonchev–Trinajstić information content (AvgIpc) is 3.35. The summed E-state index contributed by atoms with van der Waals surface area (Å²) in [7, 11) is 0. The third-order valence-electron chi connectivity index (χ3n) is 4.96. The molecule has 3 N–H and O–H groups in total. The molecule has 0 spiro atoms. The van der Waals surface area contributed by atoms with Gasteiger partial charge in [-0.3, -0.25) is 4.79 Å². The highest BCUT2D eigenvalue weighted by atomic mass is 35.5. The number of phenolic OH excluding ortho intramolecular Hbond substituents is 1. The molecule has 32 heavy (non-hydrogen) atoms. The highest BCUT2D eigenvalue weighted by Gasteiger charge is 2.16. The van der Waals surface area contributed by atoms with E-state index in [0.29, 0.717) is 17.0 Å². The summed E-state index contributed by atoms with van der Waals surface area (Å²) >= 11 is 6.12. The Morgan fingerprint density at radius 2 is 1.91 bits per heavy atom. The molecule has 4 aromatic rings. The molecule has 4 rings (SSSR count). The monoisotopic (exact) mass is 450 g/mol. The van der Waals surface area contributed by atoms with E-state index in [2.05, 4.69) is 20.6 Å². The summed E-state index contributed by atoms with van der Waals surface area (Å²) in [4.78, 5) is 11.5. The van der Waals surface area contributed by atoms with Crippen LogP contribution in [0.4, 0.5) is 0 Å². The molecular weight excluding hydrogens is 432 g/mol. The maximum Gasteiger partial charge on any atom is 0.204 e. The molecule has 0 aliphatic carbocycles. The van der Waals surface area contributed by atoms with E-state index >= 15 is 0 Å². The lowest BCUT2D eigenvalue weighted by molar-refractivity contribution is 0.101. The number of carbonyl (C=O) groups excluding carboxylic acids is 1. The van der Waals surface area contributed by atoms with E-state index in [-0.39, 0.29) is 34.5 Å². The van der Waals surface area contributed by atoms with Crippen LogP contribution in [-0.2, 0) is 6.61 Å². The van der Waals surface area contributed by atoms with E-state index in [9.17, 15) is 15.0 Å². The number of halogens is 1. The highest BCUT2D eigenvalue weighted by molar-refractivity contribution is 6.34. The van der Waals surface area contributed by atoms with Crippen LogP contribution in [0.3, 0.4) is 0 Å². The van der Waals surface area contributed by atoms with Crippen molar-refractivity contribution in [3.63, 3.8) is 0 Å². The number of aromatic hydroxyl groups is 1. The van der Waals surface area contributed by atoms with E-state index in [1.807, 2.05) is 48.5 Å². The topological polar surface area (TPSA) is 121 Å². The molecule has 0 saturated carbocycles. The Kier molecular flexibility index (Phi) is 6.16. The van der Waals surface area contributed by atoms with Crippen LogP contribution in [0, 0.1) is 0 Å². The number of hydrogen-bond acceptors (Lipinski definition) is 7. The molecule has 0 bridgehead atoms. The van der Waals surface area contributed by atoms with Crippen LogP contribution in [0.15, 0.2) is 60.7 Å². The molecule has 0 amide bonds. The zero-order chi connectivity index (χ0) is 22.7. The molecule has 1 unspecified atom stereocenters. The first-order valence-electron chi connectivity index (χ1n) is 9.70. The zero-order valence-electron chi connectivity index (χ0n) is 17.0. The first kappa shape index (κ1) is 21.5. The number of rotatable bonds is 7. The van der Waals surface area contributed by atoms with Gasteiger partial charge in [0.2, 0.25) is 5.82 Å². The van der Waals surface area contributed by atoms with E-state index in [1.54, 1.807) is 6.07 Å². The Labute approximate surface area is 188 Å². The van der Waals surface area contributed by atoms with Gasteiger partial charge in [-0.1, -0.05) is 54.1 Å². The molecule has 162 valence electrons. The molecule has 1 aromatic heterocycles. The number of tetrazole rings is 1. The Hall–Kier alpha value is -3.75. The molecule has 0 radical (unpaired) electrons. The fourth-order valence-electron chi connectivity index (χ4n) is 3.22. The van der Waals surface area contributed by atoms with Gasteiger partial charge < -0.3 is 14.9 Å². The number of hydrogen-bond donors (Lipinski definition) is 3. The number of aromatic nitrogens is 4. The van der Waals surface area contributed by atoms with Gasteiger partial charge in [0, 0.05) is 5.56 Å². The predicted octanol–water partition coefficient (Wildman–Crippen LogP) is 4.09. The molecule has 0 fully saturated rings. The van der Waals surface area contributed by atoms with Gasteiger partial charge >= 0.3 is 0 Å². The lowest BCUT2D eigenvalue weighted by Gasteiger charge is -2.14. The van der Waals surface area contributed by atoms with Gasteiger partial charge in [-0.2, -0.15) is 5.21 Å². The molecule has 3 aromatic carbocycles. The number of nitrogens with zero attached hydrogens (tertiary/aromatic N) is 3. The third-order valence-corrected chi connectivity index (χ3v) is 5.32. The summed E-state index contributed by atoms with van der Waals surface area (Å²) in [5, 5.41) is 34.7. The number of aliphatic hydroxyl groups excluding tert-OH is 1. The Balaban J connectivity index is 1.45. The number of ketones is 1. The fourth-order valence-corrected chi connectivity index (χ4v) is 3.44. The van der Waals surface area contributed by atoms with Gasteiger partial charge in [0.15, 0.2) is 5.78 Å². The van der Waals surface area contributed by atoms with E-state index < -0.39 is 6.10 Å². The highest BCUT2D eigenvalue weighted by Crippen LogP contribution is 2.36. The SMILES string of the molecule is CC(=O)c1ccc(OCc2ccc(C(O)c3cccc(-c4nn[nH]n4)c3)cc2)c(Cl)c1O. The maximum atomic E-state index is 11.5. The van der Waals surface area contributed by atoms with Crippen molar-refractivity contribution in [3.05, 3.63) is 87.9 Å². The molecule has 1 heterocycles. The molecule has 1 atom stereocenters. The van der Waals surface area contributed by atoms with Gasteiger partial charge in [0.25, 0.3) is 0 Å². The number of ether oxygens (including phenoxy) is 1. The number of carbonyl (C=O) groups is 1. The van der Waals surface area contributed by atoms with Crippen molar-refractivity contribution >= 4 is 17.4 Å². The number of aromatic amines is 1. The molecule has 0 aliphatic rings. The van der Waals surface area contributed by atoms with E-state index in [0.717, 1.165) is 11.1 Å². The number of H-pyrrole nitrogens is 1. The van der Waals surface area contributed by atoms with Crippen LogP contribution in [-0.4, -0.2) is 36.6 Å². The Morgan fingerprint density at radius 1 is 1.12 bits per heavy atom. The molecule has 8 nitrogen and oxygen atoms in total. The first-order valence-corrected chi connectivity index (χ1v) is 10.1. The van der Waals surface area contributed by atoms with Crippen molar-refractivity contribution in [2.75, 3.05) is 0 Å². The van der Waals surface area contributed by atoms with Crippen LogP contribution in [0.1, 0.15) is 40.1 Å². The summed E-state index contributed by atoms with van der Waals surface area (Å²) in [6, 6.07) is 17.6. The van der Waals surface area contributed by atoms with Crippen LogP contribution >= 0.6 is 11.6 Å². The minimum atomic E-state index is -0.831. The number of nitrogens with one attached hydrogen (secondary N) is 1. The van der Waals surface area contributed by atoms with Crippen molar-refractivity contribution in [2.45, 2.75) is 19.6 Å². The summed E-state index contributed by atoms with van der Waals surface area (Å²) in [5.74, 6) is 0.148. The van der Waals surface area contributed by atoms with Crippen LogP contribution < -0.4 is 4.74 Å². The predicted molar refractivity (Wildman–Crippen MR) is 118 cm³/mol. The van der Waals surface area contributed by atoms with Crippen molar-refractivity contribution < 1.29 is 19.7 Å². The number of benzene rings is 3. The summed E-state index contributed by atoms with van der Waals surface area (Å²) in [5.41, 5.74) is 3.14. The summed E-state index contributed by atoms with van der Waals surface area (Å²) in [6.45, 7) is 1.55. The van der Waals surface area contributed by atoms with E-state index in [1.165, 1.54) is 13.0 Å². The number of Topliss-reactive ketones (excluding diaryl/α,β-unsaturated/α-hetero) is 1. The summed E-state index contributed by atoms with van der Waals surface area (Å²) in [6.07, 6.45) is -0.831. The first-order chi connectivity index (χ1) is 15.4. The molecular formula is C23H19ClN4O4. The Morgan fingerprint density at radius 3 is 2.59 bits per heavy atom. The van der Waals surface area contributed by atoms with Crippen LogP contribution in [0.25, 0.3) is 11.4 Å². The van der Waals surface area contributed by atoms with Crippen LogP contribution in [0.5, 0.6) is 11.5 Å². The van der Waals surface area contributed by atoms with Crippen molar-refractivity contribution in [1.29, 1.82) is 0 Å². The maximum absolute atomic E-state index is 11.5. The minimum absolute atomic E-state index is 0.00812. The molecule has 9 heteroatoms. The normalized spacial score (nSPS) is 11.8. The second kappa shape index (κ2) is 9.17. The zero-order valence-corrected chi connectivity index (χ0v) is 17.7. The van der Waals surface area contributed by atoms with Crippen molar-refractivity contribution in [1.82, 2.24) is 20.6 Å². The van der Waals surface area contributed by atoms with Gasteiger partial charge in [0.05, 0.1) is 5.56 Å². The quantitative estimate of drug-likeness (QED) is 0.362. The number of phenols is 1. The van der Waals surface area contributed by atoms with E-state index in [4.69, 9.17) is 16.3 Å². The van der Waals surface area contributed by atoms with Gasteiger partial charge in [-0.15, -0.1) is 10.2 Å². The molecule has 0 saturated heterocycles. The minimum Gasteiger partial charge on any atom is -0.505 e. The smallest absolute Gasteiger partial charge is 0.204 e. The van der Waals surface area contributed by atoms with Gasteiger partial charge in [0.1, 0.15) is 29.2 Å². The Bertz CT molecular complexity index is 1240. The standard InChI is InChI=1S/C23H19ClN4O4/c1-13(29)18-9-10-19(20(24)22(18)31)32-12-14-5-7-15(8-6-14)21(30)16-3-2-4-17(11-16)23-25-27-28-26-23/h2-11,21,30-31H,12H2,1H3,(H,25,26,27,28). The average molecular weight is 451 g/mol. The van der Waals surface area contributed by atoms with Gasteiger partial charge in [-0.05, 0) is 47.0 Å². The number of aliphatic hydroxyl groups is 1. The van der Waals surface area contributed by atoms with Gasteiger partial charge in [-0.25, -0.2) is 0 Å². The lowest BCUT2D eigenvalue weighted by atomic mass is 9.99. The third kappa shape index (κ3) is 4.46. The van der Waals surface area contributed by atoms with Crippen molar-refractivity contribution in [3.8, 4) is 22.9 Å². The lowest BCUT2D eigenvalue weighted by Crippen LogP contribution is -2.02. The van der Waals surface area contributed by atoms with Crippen LogP contribution in [0.2, 0.25) is 5.02 Å². The fraction of sp³-hybridized carbons (Fsp3) is 0.130. The molecule has 0 aliphatic heterocycles. The second-order valence-electron chi connectivity index (χ2n) is 7.12. The van der Waals surface area contributed by atoms with Crippen molar-refractivity contribution in [2.24, 2.45) is 0 Å². The largest absolute Gasteiger partial charge is 0.505 e. The second-order valence-corrected chi connectivity index (χ2v) is 7.50.